The van der Waals surface area contributed by atoms with E-state index in [1.165, 1.54) is 0 Å². The molecule has 9 heteroatoms. The van der Waals surface area contributed by atoms with Gasteiger partial charge in [0.15, 0.2) is 0 Å². The van der Waals surface area contributed by atoms with Gasteiger partial charge in [-0.25, -0.2) is 0 Å². The number of nitrogens with zero attached hydrogens (tertiary/aromatic N) is 2. The molecule has 10 heavy (non-hydrogen) atoms. The molecule has 0 aromatic rings. The summed E-state index contributed by atoms with van der Waals surface area (Å²) in [5.41, 5.74) is 0. The Bertz CT molecular complexity index is 61.2. The zero-order chi connectivity index (χ0) is 6.50. The second-order valence-electron chi connectivity index (χ2n) is 0.429. The van der Waals surface area contributed by atoms with Crippen molar-refractivity contribution >= 4 is 60.6 Å². The minimum atomic E-state index is -3.11. The standard InChI is InChI=1S/CH4.5ClH.N2.H4Si.Ti.H2/c;;;;;;1-2;;;/h1H4;5*1H;;1H4;;1H/q;;;;;;;;+4;/p-4. The fourth-order valence-corrected chi connectivity index (χ4v) is 0. The van der Waals surface area contributed by atoms with Gasteiger partial charge in [0.1, 0.15) is 0 Å². The fourth-order valence-electron chi connectivity index (χ4n) is 0. The van der Waals surface area contributed by atoms with Gasteiger partial charge in [0.25, 0.3) is 0 Å². The Balaban J connectivity index is -0.00000000972. The van der Waals surface area contributed by atoms with E-state index in [0.717, 1.165) is 0 Å². The minimum absolute atomic E-state index is 0. The summed E-state index contributed by atoms with van der Waals surface area (Å²) in [7, 11) is 20.1. The van der Waals surface area contributed by atoms with Crippen molar-refractivity contribution in [3.8, 4) is 0 Å². The van der Waals surface area contributed by atoms with Crippen molar-refractivity contribution in [2.75, 3.05) is 0 Å². The second-order valence-corrected chi connectivity index (χ2v) is 15.9. The molecule has 0 saturated heterocycles. The molecule has 0 aromatic heterocycles. The van der Waals surface area contributed by atoms with E-state index in [-0.39, 0.29) is 32.2 Å². The van der Waals surface area contributed by atoms with Crippen LogP contribution in [0.5, 0.6) is 0 Å². The van der Waals surface area contributed by atoms with Crippen LogP contribution in [0.2, 0.25) is 0 Å². The molecule has 0 fully saturated rings. The maximum atomic E-state index is 6.00. The molecule has 68 valence electrons. The van der Waals surface area contributed by atoms with E-state index in [4.69, 9.17) is 48.0 Å². The Hall–Kier alpha value is 1.80. The van der Waals surface area contributed by atoms with Crippen LogP contribution in [0.1, 0.15) is 8.85 Å². The predicted octanol–water partition coefficient (Wildman–Crippen LogP) is 2.64. The molecule has 0 N–H and O–H groups in total. The Labute approximate surface area is 91.7 Å². The molecule has 0 spiro atoms. The van der Waals surface area contributed by atoms with E-state index in [1.807, 2.05) is 0 Å². The quantitative estimate of drug-likeness (QED) is 0.510. The number of halogens is 5. The number of hydrogen-bond acceptors (Lipinski definition) is 2. The van der Waals surface area contributed by atoms with E-state index in [1.54, 1.807) is 0 Å². The molecule has 2 nitrogen and oxygen atoms in total. The van der Waals surface area contributed by atoms with Crippen LogP contribution in [-0.4, -0.2) is 11.0 Å². The molecule has 0 amide bonds. The zero-order valence-corrected chi connectivity index (χ0v) is 8.72. The van der Waals surface area contributed by atoms with Crippen LogP contribution in [-0.2, 0) is 12.3 Å². The van der Waals surface area contributed by atoms with Gasteiger partial charge >= 0.3 is 49.6 Å². The van der Waals surface area contributed by atoms with Crippen molar-refractivity contribution in [1.82, 2.24) is 0 Å². The van der Waals surface area contributed by atoms with Gasteiger partial charge in [-0.2, -0.15) is 0 Å². The molecule has 0 atom stereocenters. The van der Waals surface area contributed by atoms with E-state index >= 15 is 0 Å². The first-order chi connectivity index (χ1) is 3.00. The molecule has 0 heterocycles. The molecule has 0 radical (unpaired) electrons. The van der Waals surface area contributed by atoms with E-state index in [2.05, 4.69) is 0 Å². The smallest absolute Gasteiger partial charge is 0 e. The first-order valence-electron chi connectivity index (χ1n) is 0.956. The van der Waals surface area contributed by atoms with Crippen molar-refractivity contribution in [2.45, 2.75) is 7.43 Å². The maximum Gasteiger partial charge on any atom is 0 e. The summed E-state index contributed by atoms with van der Waals surface area (Å²) >= 11 is -3.11. The van der Waals surface area contributed by atoms with Crippen LogP contribution >= 0.6 is 49.6 Å². The monoisotopic (exact) mass is 302 g/mol. The van der Waals surface area contributed by atoms with Crippen LogP contribution < -0.4 is 0 Å². The molecule has 0 bridgehead atoms. The normalized spacial score (nSPS) is 6.20. The van der Waals surface area contributed by atoms with Crippen molar-refractivity contribution < 1.29 is 13.8 Å². The number of hydrogen-bond donors (Lipinski definition) is 0. The van der Waals surface area contributed by atoms with Crippen LogP contribution in [0.25, 0.3) is 0 Å². The molecule has 0 aromatic carbocycles. The third-order valence-electron chi connectivity index (χ3n) is 0. The van der Waals surface area contributed by atoms with Gasteiger partial charge in [0, 0.05) is 12.2 Å². The average molecular weight is 304 g/mol. The third kappa shape index (κ3) is 234. The van der Waals surface area contributed by atoms with Crippen LogP contribution in [0.4, 0.5) is 0 Å². The third-order valence-corrected chi connectivity index (χ3v) is 0. The summed E-state index contributed by atoms with van der Waals surface area (Å²) in [5.74, 6) is 0. The zero-order valence-electron chi connectivity index (χ0n) is 3.31. The van der Waals surface area contributed by atoms with Crippen molar-refractivity contribution in [1.29, 1.82) is 10.8 Å². The van der Waals surface area contributed by atoms with Gasteiger partial charge in [0.05, 0.1) is 0 Å². The minimum Gasteiger partial charge on any atom is -0.0149 e. The maximum absolute atomic E-state index is 6.00. The van der Waals surface area contributed by atoms with Crippen molar-refractivity contribution in [2.24, 2.45) is 0 Å². The van der Waals surface area contributed by atoms with Gasteiger partial charge in [0.2, 0.25) is 0 Å². The summed E-state index contributed by atoms with van der Waals surface area (Å²) in [6, 6.07) is 0. The average Bonchev–Trinajstić information content (AvgIpc) is 1.36. The van der Waals surface area contributed by atoms with Crippen LogP contribution in [0.3, 0.4) is 0 Å². The molecule has 0 aliphatic rings. The van der Waals surface area contributed by atoms with Crippen LogP contribution in [0, 0.1) is 10.8 Å². The fraction of sp³-hybridized carbons (Fsp3) is 1.00. The first kappa shape index (κ1) is 29.8. The first-order valence-corrected chi connectivity index (χ1v) is 9.55. The SMILES string of the molecule is C.Cl.N#N.[Cl][Ti]([Cl])([Cl])[Cl].[HH].[SiH4]. The molecular formula is CH11Cl5N2SiTi. The van der Waals surface area contributed by atoms with E-state index in [0.29, 0.717) is 0 Å². The van der Waals surface area contributed by atoms with Crippen molar-refractivity contribution in [3.05, 3.63) is 0 Å². The molecule has 0 unspecified atom stereocenters. The Morgan fingerprint density at radius 3 is 1.00 bits per heavy atom. The molecule has 0 saturated carbocycles. The predicted molar refractivity (Wildman–Crippen MR) is 54.3 cm³/mol. The van der Waals surface area contributed by atoms with Gasteiger partial charge in [-0.1, -0.05) is 7.43 Å². The van der Waals surface area contributed by atoms with Gasteiger partial charge in [-0.05, 0) is 11.0 Å². The number of rotatable bonds is 0. The van der Waals surface area contributed by atoms with E-state index < -0.39 is 12.3 Å². The second kappa shape index (κ2) is 17.0. The summed E-state index contributed by atoms with van der Waals surface area (Å²) in [6.45, 7) is 0. The van der Waals surface area contributed by atoms with Gasteiger partial charge < -0.3 is 0 Å². The van der Waals surface area contributed by atoms with Crippen molar-refractivity contribution in [3.63, 3.8) is 0 Å². The summed E-state index contributed by atoms with van der Waals surface area (Å²) in [6.07, 6.45) is 0. The van der Waals surface area contributed by atoms with E-state index in [9.17, 15) is 0 Å². The topological polar surface area (TPSA) is 47.6 Å². The molecular weight excluding hydrogens is 293 g/mol. The van der Waals surface area contributed by atoms with Crippen LogP contribution in [0.15, 0.2) is 0 Å². The van der Waals surface area contributed by atoms with Gasteiger partial charge in [-0.3, -0.25) is 0 Å². The Morgan fingerprint density at radius 1 is 1.00 bits per heavy atom. The Morgan fingerprint density at radius 2 is 1.00 bits per heavy atom. The molecule has 0 aliphatic heterocycles. The molecule has 0 aliphatic carbocycles. The Kier molecular flexibility index (Phi) is 50.7. The summed E-state index contributed by atoms with van der Waals surface area (Å²) < 4.78 is 0. The largest absolute Gasteiger partial charge is 0.0149 e. The molecule has 0 rings (SSSR count). The summed E-state index contributed by atoms with van der Waals surface area (Å²) in [5, 5.41) is 12.0. The summed E-state index contributed by atoms with van der Waals surface area (Å²) in [4.78, 5) is 0. The van der Waals surface area contributed by atoms with Gasteiger partial charge in [-0.15, -0.1) is 12.4 Å².